The Morgan fingerprint density at radius 3 is 2.57 bits per heavy atom. The number of carbonyl (C=O) groups excluding carboxylic acids is 2. The van der Waals surface area contributed by atoms with Gasteiger partial charge in [-0.1, -0.05) is 43.7 Å². The van der Waals surface area contributed by atoms with Crippen LogP contribution in [-0.2, 0) is 19.6 Å². The lowest BCUT2D eigenvalue weighted by Gasteiger charge is -2.44. The van der Waals surface area contributed by atoms with Gasteiger partial charge in [0.25, 0.3) is 0 Å². The molecule has 2 atom stereocenters. The Kier molecular flexibility index (Phi) is 4.84. The average Bonchev–Trinajstić information content (AvgIpc) is 2.71. The zero-order chi connectivity index (χ0) is 19.9. The largest absolute Gasteiger partial charge is 0.342 e. The molecule has 2 aliphatic rings. The quantitative estimate of drug-likeness (QED) is 0.838. The predicted octanol–water partition coefficient (Wildman–Crippen LogP) is 1.34. The third kappa shape index (κ3) is 3.16. The van der Waals surface area contributed by atoms with Gasteiger partial charge in [0.05, 0.1) is 4.90 Å². The van der Waals surface area contributed by atoms with Crippen molar-refractivity contribution in [2.75, 3.05) is 19.6 Å². The molecule has 2 aromatic rings. The first kappa shape index (κ1) is 18.9. The second-order valence-electron chi connectivity index (χ2n) is 7.27. The van der Waals surface area contributed by atoms with Crippen molar-refractivity contribution in [1.82, 2.24) is 14.5 Å². The van der Waals surface area contributed by atoms with E-state index in [9.17, 15) is 18.0 Å². The molecule has 148 valence electrons. The van der Waals surface area contributed by atoms with Gasteiger partial charge in [-0.3, -0.25) is 9.59 Å². The highest BCUT2D eigenvalue weighted by molar-refractivity contribution is 7.89. The summed E-state index contributed by atoms with van der Waals surface area (Å²) in [5, 5.41) is 4.56. The molecule has 0 aliphatic carbocycles. The molecule has 0 unspecified atom stereocenters. The second kappa shape index (κ2) is 7.18. The van der Waals surface area contributed by atoms with Crippen LogP contribution in [0.2, 0.25) is 0 Å². The number of rotatable bonds is 4. The topological polar surface area (TPSA) is 86.8 Å². The lowest BCUT2D eigenvalue weighted by atomic mass is 10.0. The number of sulfonamides is 1. The highest BCUT2D eigenvalue weighted by atomic mass is 32.2. The van der Waals surface area contributed by atoms with Crippen LogP contribution in [0.3, 0.4) is 0 Å². The number of carbonyl (C=O) groups is 2. The third-order valence-corrected chi connectivity index (χ3v) is 7.34. The lowest BCUT2D eigenvalue weighted by molar-refractivity contribution is -0.151. The van der Waals surface area contributed by atoms with Crippen molar-refractivity contribution in [2.45, 2.75) is 36.7 Å². The molecule has 0 saturated carbocycles. The van der Waals surface area contributed by atoms with Crippen molar-refractivity contribution in [3.63, 3.8) is 0 Å². The van der Waals surface area contributed by atoms with Crippen LogP contribution in [0.1, 0.15) is 19.8 Å². The van der Waals surface area contributed by atoms with Crippen LogP contribution in [-0.4, -0.2) is 61.2 Å². The Balaban J connectivity index is 1.59. The van der Waals surface area contributed by atoms with Gasteiger partial charge in [-0.25, -0.2) is 8.42 Å². The Morgan fingerprint density at radius 1 is 1.07 bits per heavy atom. The average molecular weight is 401 g/mol. The van der Waals surface area contributed by atoms with Crippen molar-refractivity contribution >= 4 is 32.6 Å². The molecular formula is C20H23N3O4S. The summed E-state index contributed by atoms with van der Waals surface area (Å²) >= 11 is 0. The molecule has 1 N–H and O–H groups in total. The summed E-state index contributed by atoms with van der Waals surface area (Å²) in [4.78, 5) is 26.9. The minimum atomic E-state index is -3.75. The number of hydrogen-bond donors (Lipinski definition) is 1. The van der Waals surface area contributed by atoms with Crippen LogP contribution in [0.15, 0.2) is 47.4 Å². The fourth-order valence-corrected chi connectivity index (χ4v) is 5.43. The standard InChI is InChI=1S/C20H23N3O4S/c1-2-5-17-20(25)23-11-10-22(13-18(23)19(24)21-17)28(26,27)16-9-8-14-6-3-4-7-15(14)12-16/h3-4,6-9,12,17-18H,2,5,10-11,13H2,1H3,(H,21,24)/t17-,18+/m0/s1. The highest BCUT2D eigenvalue weighted by Crippen LogP contribution is 2.25. The number of nitrogens with one attached hydrogen (secondary N) is 1. The minimum Gasteiger partial charge on any atom is -0.342 e. The van der Waals surface area contributed by atoms with Crippen molar-refractivity contribution in [3.8, 4) is 0 Å². The smallest absolute Gasteiger partial charge is 0.245 e. The van der Waals surface area contributed by atoms with Gasteiger partial charge in [0, 0.05) is 19.6 Å². The molecule has 28 heavy (non-hydrogen) atoms. The van der Waals surface area contributed by atoms with E-state index >= 15 is 0 Å². The summed E-state index contributed by atoms with van der Waals surface area (Å²) in [6, 6.07) is 11.3. The van der Waals surface area contributed by atoms with Crippen LogP contribution in [0.25, 0.3) is 10.8 Å². The number of benzene rings is 2. The molecule has 0 bridgehead atoms. The van der Waals surface area contributed by atoms with E-state index in [2.05, 4.69) is 5.32 Å². The normalized spacial score (nSPS) is 23.5. The Bertz CT molecular complexity index is 1040. The molecule has 2 fully saturated rings. The molecular weight excluding hydrogens is 378 g/mol. The fraction of sp³-hybridized carbons (Fsp3) is 0.400. The summed E-state index contributed by atoms with van der Waals surface area (Å²) < 4.78 is 27.6. The third-order valence-electron chi connectivity index (χ3n) is 5.48. The van der Waals surface area contributed by atoms with Gasteiger partial charge < -0.3 is 10.2 Å². The van der Waals surface area contributed by atoms with Gasteiger partial charge in [-0.05, 0) is 29.3 Å². The first-order chi connectivity index (χ1) is 13.4. The maximum Gasteiger partial charge on any atom is 0.245 e. The summed E-state index contributed by atoms with van der Waals surface area (Å²) in [5.74, 6) is -0.398. The van der Waals surface area contributed by atoms with Crippen molar-refractivity contribution < 1.29 is 18.0 Å². The summed E-state index contributed by atoms with van der Waals surface area (Å²) in [5.41, 5.74) is 0. The molecule has 8 heteroatoms. The zero-order valence-corrected chi connectivity index (χ0v) is 16.5. The number of nitrogens with zero attached hydrogens (tertiary/aromatic N) is 2. The van der Waals surface area contributed by atoms with Crippen molar-refractivity contribution in [1.29, 1.82) is 0 Å². The van der Waals surface area contributed by atoms with Crippen molar-refractivity contribution in [2.24, 2.45) is 0 Å². The van der Waals surface area contributed by atoms with E-state index in [-0.39, 0.29) is 36.3 Å². The van der Waals surface area contributed by atoms with E-state index < -0.39 is 22.1 Å². The molecule has 0 radical (unpaired) electrons. The van der Waals surface area contributed by atoms with Crippen LogP contribution in [0.4, 0.5) is 0 Å². The molecule has 0 aromatic heterocycles. The Labute approximate surface area is 164 Å². The summed E-state index contributed by atoms with van der Waals surface area (Å²) in [7, 11) is -3.75. The van der Waals surface area contributed by atoms with Crippen molar-refractivity contribution in [3.05, 3.63) is 42.5 Å². The molecule has 7 nitrogen and oxygen atoms in total. The zero-order valence-electron chi connectivity index (χ0n) is 15.7. The van der Waals surface area contributed by atoms with Gasteiger partial charge in [0.1, 0.15) is 12.1 Å². The minimum absolute atomic E-state index is 0.0222. The second-order valence-corrected chi connectivity index (χ2v) is 9.21. The Morgan fingerprint density at radius 2 is 1.82 bits per heavy atom. The van der Waals surface area contributed by atoms with Crippen LogP contribution < -0.4 is 5.32 Å². The number of fused-ring (bicyclic) bond motifs is 2. The van der Waals surface area contributed by atoms with Gasteiger partial charge in [0.15, 0.2) is 0 Å². The van der Waals surface area contributed by atoms with E-state index in [1.54, 1.807) is 18.2 Å². The molecule has 2 saturated heterocycles. The van der Waals surface area contributed by atoms with Gasteiger partial charge in [-0.15, -0.1) is 0 Å². The SMILES string of the molecule is CCC[C@@H]1NC(=O)[C@H]2CN(S(=O)(=O)c3ccc4ccccc4c3)CCN2C1=O. The van der Waals surface area contributed by atoms with E-state index in [0.717, 1.165) is 17.2 Å². The summed E-state index contributed by atoms with van der Waals surface area (Å²) in [6.07, 6.45) is 1.38. The Hall–Kier alpha value is -2.45. The molecule has 2 amide bonds. The first-order valence-corrected chi connectivity index (χ1v) is 11.0. The van der Waals surface area contributed by atoms with E-state index in [4.69, 9.17) is 0 Å². The summed E-state index contributed by atoms with van der Waals surface area (Å²) in [6.45, 7) is 2.35. The van der Waals surface area contributed by atoms with Crippen LogP contribution in [0.5, 0.6) is 0 Å². The molecule has 4 rings (SSSR count). The molecule has 0 spiro atoms. The lowest BCUT2D eigenvalue weighted by Crippen LogP contribution is -2.69. The van der Waals surface area contributed by atoms with Gasteiger partial charge >= 0.3 is 0 Å². The fourth-order valence-electron chi connectivity index (χ4n) is 3.96. The van der Waals surface area contributed by atoms with Gasteiger partial charge in [0.2, 0.25) is 21.8 Å². The maximum absolute atomic E-state index is 13.2. The molecule has 2 aromatic carbocycles. The highest BCUT2D eigenvalue weighted by Gasteiger charge is 2.45. The van der Waals surface area contributed by atoms with E-state index in [1.807, 2.05) is 31.2 Å². The number of piperazine rings is 2. The predicted molar refractivity (Wildman–Crippen MR) is 105 cm³/mol. The molecule has 2 aliphatic heterocycles. The van der Waals surface area contributed by atoms with Crippen LogP contribution in [0, 0.1) is 0 Å². The van der Waals surface area contributed by atoms with E-state index in [1.165, 1.54) is 9.21 Å². The van der Waals surface area contributed by atoms with Crippen LogP contribution >= 0.6 is 0 Å². The maximum atomic E-state index is 13.2. The monoisotopic (exact) mass is 401 g/mol. The first-order valence-electron chi connectivity index (χ1n) is 9.51. The number of amides is 2. The van der Waals surface area contributed by atoms with E-state index in [0.29, 0.717) is 6.42 Å². The molecule has 2 heterocycles. The van der Waals surface area contributed by atoms with Gasteiger partial charge in [-0.2, -0.15) is 4.31 Å². The number of hydrogen-bond acceptors (Lipinski definition) is 4.